The van der Waals surface area contributed by atoms with E-state index in [4.69, 9.17) is 11.6 Å². The minimum absolute atomic E-state index is 0.658. The number of halogens is 1. The normalized spacial score (nSPS) is 10.8. The van der Waals surface area contributed by atoms with E-state index in [1.165, 1.54) is 11.1 Å². The Morgan fingerprint density at radius 2 is 1.76 bits per heavy atom. The highest BCUT2D eigenvalue weighted by Gasteiger charge is 2.11. The molecule has 0 bridgehead atoms. The predicted molar refractivity (Wildman–Crippen MR) is 105 cm³/mol. The number of nitrogens with one attached hydrogen (secondary N) is 1. The van der Waals surface area contributed by atoms with E-state index in [-0.39, 0.29) is 0 Å². The molecule has 0 saturated carbocycles. The van der Waals surface area contributed by atoms with Crippen LogP contribution in [0, 0.1) is 6.92 Å². The highest BCUT2D eigenvalue weighted by Crippen LogP contribution is 2.23. The van der Waals surface area contributed by atoms with E-state index in [0.717, 1.165) is 34.0 Å². The maximum absolute atomic E-state index is 5.93. The van der Waals surface area contributed by atoms with Gasteiger partial charge in [-0.25, -0.2) is 0 Å². The predicted octanol–water partition coefficient (Wildman–Crippen LogP) is 5.16. The van der Waals surface area contributed by atoms with Gasteiger partial charge in [0.15, 0.2) is 11.0 Å². The van der Waals surface area contributed by atoms with Crippen LogP contribution in [0.3, 0.4) is 0 Å². The molecule has 0 aliphatic rings. The molecule has 0 radical (unpaired) electrons. The summed E-state index contributed by atoms with van der Waals surface area (Å²) in [6.45, 7) is 5.71. The first-order valence-electron chi connectivity index (χ1n) is 8.25. The molecular formula is C19H21ClN4S. The molecule has 0 atom stereocenters. The van der Waals surface area contributed by atoms with E-state index in [0.29, 0.717) is 6.54 Å². The van der Waals surface area contributed by atoms with E-state index in [1.54, 1.807) is 11.8 Å². The molecule has 1 N–H and O–H groups in total. The molecule has 1 aromatic heterocycles. The summed E-state index contributed by atoms with van der Waals surface area (Å²) in [7, 11) is 0. The van der Waals surface area contributed by atoms with Gasteiger partial charge in [-0.05, 0) is 43.7 Å². The molecule has 0 fully saturated rings. The molecular weight excluding hydrogens is 352 g/mol. The van der Waals surface area contributed by atoms with Crippen LogP contribution in [0.4, 0.5) is 5.69 Å². The number of aryl methyl sites for hydroxylation is 1. The molecule has 0 aliphatic carbocycles. The summed E-state index contributed by atoms with van der Waals surface area (Å²) in [6, 6.07) is 16.3. The zero-order chi connectivity index (χ0) is 17.6. The van der Waals surface area contributed by atoms with Crippen molar-refractivity contribution in [2.24, 2.45) is 0 Å². The van der Waals surface area contributed by atoms with Crippen LogP contribution in [0.15, 0.2) is 53.7 Å². The van der Waals surface area contributed by atoms with Crippen molar-refractivity contribution in [3.8, 4) is 0 Å². The molecule has 1 heterocycles. The number of benzene rings is 2. The highest BCUT2D eigenvalue weighted by molar-refractivity contribution is 7.98. The first kappa shape index (κ1) is 17.8. The lowest BCUT2D eigenvalue weighted by atomic mass is 10.2. The van der Waals surface area contributed by atoms with E-state index in [9.17, 15) is 0 Å². The summed E-state index contributed by atoms with van der Waals surface area (Å²) in [5.74, 6) is 1.79. The Morgan fingerprint density at radius 1 is 1.04 bits per heavy atom. The Hall–Kier alpha value is -1.98. The summed E-state index contributed by atoms with van der Waals surface area (Å²) in [4.78, 5) is 0. The number of hydrogen-bond acceptors (Lipinski definition) is 4. The Kier molecular flexibility index (Phi) is 6.00. The van der Waals surface area contributed by atoms with Crippen LogP contribution >= 0.6 is 23.4 Å². The fraction of sp³-hybridized carbons (Fsp3) is 0.263. The Balaban J connectivity index is 1.63. The molecule has 6 heteroatoms. The molecule has 0 aliphatic heterocycles. The van der Waals surface area contributed by atoms with E-state index >= 15 is 0 Å². The summed E-state index contributed by atoms with van der Waals surface area (Å²) in [5.41, 5.74) is 3.56. The monoisotopic (exact) mass is 372 g/mol. The number of thioether (sulfide) groups is 1. The van der Waals surface area contributed by atoms with Crippen molar-refractivity contribution in [1.82, 2.24) is 14.8 Å². The van der Waals surface area contributed by atoms with Crippen molar-refractivity contribution in [2.45, 2.75) is 37.8 Å². The zero-order valence-corrected chi connectivity index (χ0v) is 15.9. The van der Waals surface area contributed by atoms with Crippen molar-refractivity contribution in [1.29, 1.82) is 0 Å². The van der Waals surface area contributed by atoms with Crippen molar-refractivity contribution in [3.63, 3.8) is 0 Å². The minimum Gasteiger partial charge on any atom is -0.378 e. The quantitative estimate of drug-likeness (QED) is 0.581. The molecule has 0 spiro atoms. The first-order chi connectivity index (χ1) is 12.2. The van der Waals surface area contributed by atoms with Gasteiger partial charge in [0, 0.05) is 23.0 Å². The zero-order valence-electron chi connectivity index (χ0n) is 14.4. The minimum atomic E-state index is 0.658. The van der Waals surface area contributed by atoms with Crippen LogP contribution in [-0.2, 0) is 18.8 Å². The van der Waals surface area contributed by atoms with Crippen molar-refractivity contribution < 1.29 is 0 Å². The van der Waals surface area contributed by atoms with Gasteiger partial charge in [0.1, 0.15) is 0 Å². The lowest BCUT2D eigenvalue weighted by Crippen LogP contribution is -2.08. The fourth-order valence-corrected chi connectivity index (χ4v) is 3.56. The van der Waals surface area contributed by atoms with Crippen LogP contribution in [-0.4, -0.2) is 14.8 Å². The molecule has 0 unspecified atom stereocenters. The molecule has 25 heavy (non-hydrogen) atoms. The second-order valence-corrected chi connectivity index (χ2v) is 7.16. The highest BCUT2D eigenvalue weighted by atomic mass is 35.5. The van der Waals surface area contributed by atoms with E-state index in [1.807, 2.05) is 24.3 Å². The number of anilines is 1. The summed E-state index contributed by atoms with van der Waals surface area (Å²) in [5, 5.41) is 13.8. The van der Waals surface area contributed by atoms with Crippen molar-refractivity contribution in [2.75, 3.05) is 5.32 Å². The van der Waals surface area contributed by atoms with E-state index < -0.39 is 0 Å². The molecule has 3 rings (SSSR count). The topological polar surface area (TPSA) is 42.7 Å². The van der Waals surface area contributed by atoms with Crippen LogP contribution in [0.1, 0.15) is 23.9 Å². The largest absolute Gasteiger partial charge is 0.378 e. The molecule has 0 saturated heterocycles. The summed E-state index contributed by atoms with van der Waals surface area (Å²) >= 11 is 7.63. The van der Waals surface area contributed by atoms with Gasteiger partial charge >= 0.3 is 0 Å². The van der Waals surface area contributed by atoms with E-state index in [2.05, 4.69) is 58.2 Å². The molecule has 0 amide bonds. The van der Waals surface area contributed by atoms with Crippen LogP contribution < -0.4 is 5.32 Å². The van der Waals surface area contributed by atoms with Crippen LogP contribution in [0.5, 0.6) is 0 Å². The number of hydrogen-bond donors (Lipinski definition) is 1. The molecule has 130 valence electrons. The third-order valence-corrected chi connectivity index (χ3v) is 5.18. The van der Waals surface area contributed by atoms with Crippen molar-refractivity contribution >= 4 is 29.1 Å². The maximum Gasteiger partial charge on any atom is 0.191 e. The summed E-state index contributed by atoms with van der Waals surface area (Å²) < 4.78 is 2.15. The third-order valence-electron chi connectivity index (χ3n) is 3.89. The first-order valence-corrected chi connectivity index (χ1v) is 9.62. The van der Waals surface area contributed by atoms with Crippen LogP contribution in [0.2, 0.25) is 5.02 Å². The lowest BCUT2D eigenvalue weighted by molar-refractivity contribution is 0.648. The van der Waals surface area contributed by atoms with Gasteiger partial charge in [-0.1, -0.05) is 53.2 Å². The molecule has 4 nitrogen and oxygen atoms in total. The SMILES string of the molecule is CCn1c(CNc2ccc(C)cc2)nnc1SCc1ccc(Cl)cc1. The van der Waals surface area contributed by atoms with Gasteiger partial charge in [-0.2, -0.15) is 0 Å². The average Bonchev–Trinajstić information content (AvgIpc) is 3.02. The molecule has 3 aromatic rings. The average molecular weight is 373 g/mol. The second kappa shape index (κ2) is 8.41. The van der Waals surface area contributed by atoms with Gasteiger partial charge in [0.2, 0.25) is 0 Å². The Labute approximate surface area is 157 Å². The second-order valence-electron chi connectivity index (χ2n) is 5.78. The lowest BCUT2D eigenvalue weighted by Gasteiger charge is -2.09. The molecule has 2 aromatic carbocycles. The Bertz CT molecular complexity index is 745. The van der Waals surface area contributed by atoms with Crippen molar-refractivity contribution in [3.05, 3.63) is 70.5 Å². The third kappa shape index (κ3) is 4.77. The van der Waals surface area contributed by atoms with Gasteiger partial charge in [0.25, 0.3) is 0 Å². The summed E-state index contributed by atoms with van der Waals surface area (Å²) in [6.07, 6.45) is 0. The van der Waals surface area contributed by atoms with Gasteiger partial charge in [-0.3, -0.25) is 0 Å². The van der Waals surface area contributed by atoms with Crippen LogP contribution in [0.25, 0.3) is 0 Å². The number of rotatable bonds is 7. The standard InChI is InChI=1S/C19H21ClN4S/c1-3-24-18(12-21-17-10-4-14(2)5-11-17)22-23-19(24)25-13-15-6-8-16(20)9-7-15/h4-11,21H,3,12-13H2,1-2H3. The smallest absolute Gasteiger partial charge is 0.191 e. The Morgan fingerprint density at radius 3 is 2.44 bits per heavy atom. The van der Waals surface area contributed by atoms with Gasteiger partial charge in [-0.15, -0.1) is 10.2 Å². The maximum atomic E-state index is 5.93. The fourth-order valence-electron chi connectivity index (χ4n) is 2.46. The number of aromatic nitrogens is 3. The number of nitrogens with zero attached hydrogens (tertiary/aromatic N) is 3. The van der Waals surface area contributed by atoms with Gasteiger partial charge < -0.3 is 9.88 Å². The van der Waals surface area contributed by atoms with Gasteiger partial charge in [0.05, 0.1) is 6.54 Å².